The van der Waals surface area contributed by atoms with Crippen molar-refractivity contribution in [2.75, 3.05) is 6.26 Å². The van der Waals surface area contributed by atoms with Gasteiger partial charge in [-0.3, -0.25) is 14.9 Å². The molecule has 8 nitrogen and oxygen atoms in total. The van der Waals surface area contributed by atoms with Gasteiger partial charge in [0, 0.05) is 12.1 Å². The number of aromatic hydroxyl groups is 1. The smallest absolute Gasteiger partial charge is 0.271 e. The summed E-state index contributed by atoms with van der Waals surface area (Å²) in [7, 11) is 0. The molecule has 0 atom stereocenters. The maximum atomic E-state index is 11.9. The van der Waals surface area contributed by atoms with E-state index in [-0.39, 0.29) is 37.0 Å². The van der Waals surface area contributed by atoms with Crippen LogP contribution in [0.1, 0.15) is 5.56 Å². The maximum Gasteiger partial charge on any atom is 0.271 e. The minimum absolute atomic E-state index is 0.0310. The van der Waals surface area contributed by atoms with E-state index in [1.807, 2.05) is 0 Å². The lowest BCUT2D eigenvalue weighted by Gasteiger charge is -2.08. The first-order valence-corrected chi connectivity index (χ1v) is 7.95. The van der Waals surface area contributed by atoms with Gasteiger partial charge in [0.1, 0.15) is 23.1 Å². The van der Waals surface area contributed by atoms with Crippen molar-refractivity contribution in [3.8, 4) is 23.1 Å². The van der Waals surface area contributed by atoms with E-state index in [1.165, 1.54) is 6.07 Å². The van der Waals surface area contributed by atoms with Crippen molar-refractivity contribution in [2.24, 2.45) is 0 Å². The number of thioether (sulfide) groups is 1. The van der Waals surface area contributed by atoms with Gasteiger partial charge in [0.05, 0.1) is 14.1 Å². The summed E-state index contributed by atoms with van der Waals surface area (Å²) in [4.78, 5) is 28.7. The molecule has 0 unspecified atom stereocenters. The van der Waals surface area contributed by atoms with Gasteiger partial charge in [-0.2, -0.15) is 5.26 Å². The Morgan fingerprint density at radius 1 is 1.55 bits per heavy atom. The standard InChI is InChI=1S/C12H7IN4O4S/c1-22-12-15-9(7(4-14)11(19)16-12)6-2-5(17(20)21)3-8(13)10(6)18/h2-3,18H,1H3,(H,15,16,19). The summed E-state index contributed by atoms with van der Waals surface area (Å²) in [5.74, 6) is -0.271. The first-order chi connectivity index (χ1) is 10.4. The Balaban J connectivity index is 2.87. The monoisotopic (exact) mass is 430 g/mol. The van der Waals surface area contributed by atoms with E-state index in [0.29, 0.717) is 0 Å². The Kier molecular flexibility index (Phi) is 4.67. The number of nitro benzene ring substituents is 1. The Labute approximate surface area is 141 Å². The number of hydrogen-bond acceptors (Lipinski definition) is 7. The Hall–Kier alpha value is -2.13. The molecular formula is C12H7IN4O4S. The second-order valence-corrected chi connectivity index (χ2v) is 5.95. The molecule has 2 rings (SSSR count). The zero-order valence-electron chi connectivity index (χ0n) is 11.0. The van der Waals surface area contributed by atoms with E-state index in [9.17, 15) is 20.0 Å². The van der Waals surface area contributed by atoms with Gasteiger partial charge < -0.3 is 10.1 Å². The number of nitriles is 1. The number of hydrogen-bond donors (Lipinski definition) is 2. The third kappa shape index (κ3) is 2.90. The molecule has 0 fully saturated rings. The van der Waals surface area contributed by atoms with E-state index < -0.39 is 10.5 Å². The third-order valence-corrected chi connectivity index (χ3v) is 4.12. The number of benzene rings is 1. The topological polar surface area (TPSA) is 133 Å². The summed E-state index contributed by atoms with van der Waals surface area (Å²) in [5.41, 5.74) is -1.37. The fraction of sp³-hybridized carbons (Fsp3) is 0.0833. The first-order valence-electron chi connectivity index (χ1n) is 5.64. The second-order valence-electron chi connectivity index (χ2n) is 3.99. The van der Waals surface area contributed by atoms with E-state index in [2.05, 4.69) is 9.97 Å². The molecule has 0 radical (unpaired) electrons. The van der Waals surface area contributed by atoms with Gasteiger partial charge in [-0.05, 0) is 28.8 Å². The zero-order valence-corrected chi connectivity index (χ0v) is 13.9. The minimum Gasteiger partial charge on any atom is -0.506 e. The molecule has 0 saturated heterocycles. The molecule has 2 N–H and O–H groups in total. The summed E-state index contributed by atoms with van der Waals surface area (Å²) < 4.78 is 0.221. The number of phenolic OH excluding ortho intramolecular Hbond substituents is 1. The molecule has 0 spiro atoms. The number of H-pyrrole nitrogens is 1. The molecule has 0 aliphatic rings. The number of nitrogens with zero attached hydrogens (tertiary/aromatic N) is 3. The third-order valence-electron chi connectivity index (χ3n) is 2.72. The molecule has 1 heterocycles. The average Bonchev–Trinajstić information content (AvgIpc) is 2.48. The van der Waals surface area contributed by atoms with Crippen LogP contribution in [0, 0.1) is 25.0 Å². The van der Waals surface area contributed by atoms with Crippen LogP contribution in [0.2, 0.25) is 0 Å². The predicted octanol–water partition coefficient (Wildman–Crippen LogP) is 2.25. The van der Waals surface area contributed by atoms with Gasteiger partial charge in [-0.25, -0.2) is 4.98 Å². The molecule has 0 aliphatic carbocycles. The number of nitrogens with one attached hydrogen (secondary N) is 1. The van der Waals surface area contributed by atoms with Gasteiger partial charge in [0.25, 0.3) is 11.2 Å². The van der Waals surface area contributed by atoms with E-state index in [1.54, 1.807) is 34.9 Å². The highest BCUT2D eigenvalue weighted by Gasteiger charge is 2.21. The number of phenols is 1. The summed E-state index contributed by atoms with van der Waals surface area (Å²) >= 11 is 2.87. The Morgan fingerprint density at radius 2 is 2.23 bits per heavy atom. The maximum absolute atomic E-state index is 11.9. The highest BCUT2D eigenvalue weighted by molar-refractivity contribution is 14.1. The fourth-order valence-corrected chi connectivity index (χ4v) is 2.71. The highest BCUT2D eigenvalue weighted by Crippen LogP contribution is 2.36. The molecule has 10 heteroatoms. The summed E-state index contributed by atoms with van der Waals surface area (Å²) in [5, 5.41) is 30.5. The van der Waals surface area contributed by atoms with Crippen molar-refractivity contribution in [2.45, 2.75) is 5.16 Å². The molecule has 112 valence electrons. The molecule has 1 aromatic carbocycles. The molecule has 2 aromatic rings. The van der Waals surface area contributed by atoms with Crippen LogP contribution in [0.15, 0.2) is 22.1 Å². The molecule has 1 aromatic heterocycles. The van der Waals surface area contributed by atoms with Gasteiger partial charge in [0.15, 0.2) is 5.16 Å². The molecular weight excluding hydrogens is 423 g/mol. The van der Waals surface area contributed by atoms with Crippen LogP contribution in [0.4, 0.5) is 5.69 Å². The Morgan fingerprint density at radius 3 is 2.77 bits per heavy atom. The lowest BCUT2D eigenvalue weighted by Crippen LogP contribution is -2.14. The largest absolute Gasteiger partial charge is 0.506 e. The molecule has 0 bridgehead atoms. The first kappa shape index (κ1) is 16.2. The van der Waals surface area contributed by atoms with Gasteiger partial charge in [-0.1, -0.05) is 11.8 Å². The van der Waals surface area contributed by atoms with Crippen LogP contribution < -0.4 is 5.56 Å². The lowest BCUT2D eigenvalue weighted by molar-refractivity contribution is -0.384. The predicted molar refractivity (Wildman–Crippen MR) is 87.8 cm³/mol. The number of nitro groups is 1. The summed E-state index contributed by atoms with van der Waals surface area (Å²) in [6, 6.07) is 3.99. The molecule has 22 heavy (non-hydrogen) atoms. The van der Waals surface area contributed by atoms with Crippen LogP contribution in [-0.2, 0) is 0 Å². The van der Waals surface area contributed by atoms with Crippen molar-refractivity contribution >= 4 is 40.0 Å². The average molecular weight is 430 g/mol. The highest BCUT2D eigenvalue weighted by atomic mass is 127. The van der Waals surface area contributed by atoms with Crippen molar-refractivity contribution in [1.82, 2.24) is 9.97 Å². The molecule has 0 amide bonds. The van der Waals surface area contributed by atoms with Crippen molar-refractivity contribution in [3.63, 3.8) is 0 Å². The van der Waals surface area contributed by atoms with Crippen LogP contribution in [-0.4, -0.2) is 26.3 Å². The van der Waals surface area contributed by atoms with Gasteiger partial charge in [-0.15, -0.1) is 0 Å². The Bertz CT molecular complexity index is 875. The number of rotatable bonds is 3. The normalized spacial score (nSPS) is 10.2. The van der Waals surface area contributed by atoms with Crippen molar-refractivity contribution < 1.29 is 10.0 Å². The van der Waals surface area contributed by atoms with E-state index in [0.717, 1.165) is 17.8 Å². The lowest BCUT2D eigenvalue weighted by atomic mass is 10.1. The van der Waals surface area contributed by atoms with Crippen LogP contribution in [0.3, 0.4) is 0 Å². The summed E-state index contributed by atoms with van der Waals surface area (Å²) in [6.07, 6.45) is 1.67. The second kappa shape index (κ2) is 6.32. The molecule has 0 aliphatic heterocycles. The van der Waals surface area contributed by atoms with Crippen molar-refractivity contribution in [1.29, 1.82) is 5.26 Å². The van der Waals surface area contributed by atoms with Crippen LogP contribution >= 0.6 is 34.4 Å². The zero-order chi connectivity index (χ0) is 16.4. The van der Waals surface area contributed by atoms with Crippen LogP contribution in [0.5, 0.6) is 5.75 Å². The quantitative estimate of drug-likeness (QED) is 0.251. The number of halogens is 1. The minimum atomic E-state index is -0.669. The van der Waals surface area contributed by atoms with Crippen LogP contribution in [0.25, 0.3) is 11.3 Å². The SMILES string of the molecule is CSc1nc(-c2cc([N+](=O)[O-])cc(I)c2O)c(C#N)c(=O)[nH]1. The van der Waals surface area contributed by atoms with Gasteiger partial charge >= 0.3 is 0 Å². The summed E-state index contributed by atoms with van der Waals surface area (Å²) in [6.45, 7) is 0. The van der Waals surface area contributed by atoms with Gasteiger partial charge in [0.2, 0.25) is 0 Å². The number of non-ortho nitro benzene ring substituents is 1. The van der Waals surface area contributed by atoms with Crippen molar-refractivity contribution in [3.05, 3.63) is 41.7 Å². The molecule has 0 saturated carbocycles. The number of aromatic nitrogens is 2. The van der Waals surface area contributed by atoms with E-state index in [4.69, 9.17) is 5.26 Å². The fourth-order valence-electron chi connectivity index (χ4n) is 1.72. The van der Waals surface area contributed by atoms with E-state index >= 15 is 0 Å². The number of aromatic amines is 1.